The van der Waals surface area contributed by atoms with Crippen LogP contribution in [0.4, 0.5) is 0 Å². The van der Waals surface area contributed by atoms with Crippen LogP contribution in [0.2, 0.25) is 0 Å². The van der Waals surface area contributed by atoms with E-state index < -0.39 is 0 Å². The van der Waals surface area contributed by atoms with Crippen molar-refractivity contribution in [3.63, 3.8) is 0 Å². The maximum atomic E-state index is 11.5. The molecular formula is C11H8BrNO2. The maximum absolute atomic E-state index is 11.5. The molecule has 0 radical (unpaired) electrons. The fraction of sp³-hybridized carbons (Fsp3) is 0.182. The summed E-state index contributed by atoms with van der Waals surface area (Å²) in [5.41, 5.74) is 1.71. The van der Waals surface area contributed by atoms with Gasteiger partial charge in [-0.2, -0.15) is 5.26 Å². The highest BCUT2D eigenvalue weighted by Crippen LogP contribution is 2.17. The van der Waals surface area contributed by atoms with Crippen LogP contribution < -0.4 is 0 Å². The minimum atomic E-state index is -0.151. The van der Waals surface area contributed by atoms with Crippen molar-refractivity contribution in [2.45, 2.75) is 6.92 Å². The number of hydrogen-bond acceptors (Lipinski definition) is 3. The summed E-state index contributed by atoms with van der Waals surface area (Å²) in [7, 11) is 0. The molecular weight excluding hydrogens is 258 g/mol. The van der Waals surface area contributed by atoms with Gasteiger partial charge in [0.1, 0.15) is 6.29 Å². The summed E-state index contributed by atoms with van der Waals surface area (Å²) in [4.78, 5) is 22.1. The summed E-state index contributed by atoms with van der Waals surface area (Å²) in [6, 6.07) is 4.95. The maximum Gasteiger partial charge on any atom is 0.174 e. The van der Waals surface area contributed by atoms with Gasteiger partial charge >= 0.3 is 0 Å². The Labute approximate surface area is 95.8 Å². The normalized spacial score (nSPS) is 9.40. The van der Waals surface area contributed by atoms with Crippen LogP contribution in [-0.2, 0) is 0 Å². The van der Waals surface area contributed by atoms with Crippen molar-refractivity contribution in [2.75, 3.05) is 5.33 Å². The number of nitrogens with zero attached hydrogens (tertiary/aromatic N) is 1. The summed E-state index contributed by atoms with van der Waals surface area (Å²) >= 11 is 3.06. The van der Waals surface area contributed by atoms with Crippen LogP contribution in [0, 0.1) is 18.3 Å². The number of hydrogen-bond donors (Lipinski definition) is 0. The van der Waals surface area contributed by atoms with Gasteiger partial charge < -0.3 is 0 Å². The van der Waals surface area contributed by atoms with Crippen LogP contribution in [0.5, 0.6) is 0 Å². The van der Waals surface area contributed by atoms with E-state index in [2.05, 4.69) is 15.9 Å². The van der Waals surface area contributed by atoms with Gasteiger partial charge in [0.05, 0.1) is 17.0 Å². The Kier molecular flexibility index (Phi) is 3.75. The number of benzene rings is 1. The van der Waals surface area contributed by atoms with Crippen LogP contribution >= 0.6 is 15.9 Å². The molecule has 4 heteroatoms. The van der Waals surface area contributed by atoms with Gasteiger partial charge in [0, 0.05) is 11.1 Å². The molecule has 76 valence electrons. The number of aldehydes is 1. The summed E-state index contributed by atoms with van der Waals surface area (Å²) in [5, 5.41) is 9.04. The summed E-state index contributed by atoms with van der Waals surface area (Å²) in [5.74, 6) is -0.151. The molecule has 0 saturated heterocycles. The number of carbonyl (C=O) groups is 2. The predicted molar refractivity (Wildman–Crippen MR) is 59.4 cm³/mol. The van der Waals surface area contributed by atoms with E-state index in [1.54, 1.807) is 13.0 Å². The molecule has 1 aromatic carbocycles. The Morgan fingerprint density at radius 3 is 2.73 bits per heavy atom. The zero-order chi connectivity index (χ0) is 11.4. The van der Waals surface area contributed by atoms with Crippen LogP contribution in [0.1, 0.15) is 31.8 Å². The number of halogens is 1. The van der Waals surface area contributed by atoms with Gasteiger partial charge in [0.15, 0.2) is 5.78 Å². The van der Waals surface area contributed by atoms with Crippen molar-refractivity contribution in [3.8, 4) is 6.07 Å². The first-order valence-electron chi connectivity index (χ1n) is 4.23. The van der Waals surface area contributed by atoms with E-state index in [1.807, 2.05) is 6.07 Å². The predicted octanol–water partition coefficient (Wildman–Crippen LogP) is 2.26. The highest BCUT2D eigenvalue weighted by molar-refractivity contribution is 9.09. The highest BCUT2D eigenvalue weighted by atomic mass is 79.9. The van der Waals surface area contributed by atoms with Crippen molar-refractivity contribution >= 4 is 28.0 Å². The molecule has 0 aliphatic carbocycles. The summed E-state index contributed by atoms with van der Waals surface area (Å²) in [6.45, 7) is 1.71. The SMILES string of the molecule is Cc1cc(C=O)cc(C#N)c1C(=O)CBr. The zero-order valence-corrected chi connectivity index (χ0v) is 9.67. The minimum absolute atomic E-state index is 0.151. The third-order valence-electron chi connectivity index (χ3n) is 2.01. The van der Waals surface area contributed by atoms with E-state index in [-0.39, 0.29) is 16.7 Å². The Morgan fingerprint density at radius 1 is 1.60 bits per heavy atom. The third kappa shape index (κ3) is 2.31. The second-order valence-corrected chi connectivity index (χ2v) is 3.61. The molecule has 1 aromatic rings. The smallest absolute Gasteiger partial charge is 0.174 e. The van der Waals surface area contributed by atoms with E-state index in [4.69, 9.17) is 5.26 Å². The lowest BCUT2D eigenvalue weighted by atomic mass is 9.97. The molecule has 0 N–H and O–H groups in total. The second-order valence-electron chi connectivity index (χ2n) is 3.05. The molecule has 0 aliphatic rings. The Hall–Kier alpha value is -1.47. The number of ketones is 1. The molecule has 0 bridgehead atoms. The Bertz CT molecular complexity index is 460. The summed E-state index contributed by atoms with van der Waals surface area (Å²) < 4.78 is 0. The van der Waals surface area contributed by atoms with Crippen molar-refractivity contribution in [1.29, 1.82) is 5.26 Å². The lowest BCUT2D eigenvalue weighted by Gasteiger charge is -2.06. The Balaban J connectivity index is 3.45. The summed E-state index contributed by atoms with van der Waals surface area (Å²) in [6.07, 6.45) is 0.663. The van der Waals surface area contributed by atoms with Crippen molar-refractivity contribution in [1.82, 2.24) is 0 Å². The van der Waals surface area contributed by atoms with E-state index in [0.717, 1.165) is 0 Å². The molecule has 1 rings (SSSR count). The first-order chi connectivity index (χ1) is 7.13. The standard InChI is InChI=1S/C11H8BrNO2/c1-7-2-8(6-14)3-9(5-13)11(7)10(15)4-12/h2-3,6H,4H2,1H3. The number of alkyl halides is 1. The van der Waals surface area contributed by atoms with Crippen molar-refractivity contribution in [2.24, 2.45) is 0 Å². The average molecular weight is 266 g/mol. The van der Waals surface area contributed by atoms with E-state index in [1.165, 1.54) is 6.07 Å². The lowest BCUT2D eigenvalue weighted by Crippen LogP contribution is -2.07. The molecule has 0 spiro atoms. The van der Waals surface area contributed by atoms with Gasteiger partial charge in [-0.05, 0) is 24.6 Å². The van der Waals surface area contributed by atoms with E-state index in [9.17, 15) is 9.59 Å². The van der Waals surface area contributed by atoms with Gasteiger partial charge in [-0.25, -0.2) is 0 Å². The first-order valence-corrected chi connectivity index (χ1v) is 5.35. The van der Waals surface area contributed by atoms with Gasteiger partial charge in [-0.3, -0.25) is 9.59 Å². The molecule has 0 heterocycles. The monoisotopic (exact) mass is 265 g/mol. The minimum Gasteiger partial charge on any atom is -0.298 e. The molecule has 3 nitrogen and oxygen atoms in total. The third-order valence-corrected chi connectivity index (χ3v) is 2.52. The molecule has 0 fully saturated rings. The lowest BCUT2D eigenvalue weighted by molar-refractivity contribution is 0.102. The fourth-order valence-electron chi connectivity index (χ4n) is 1.41. The number of nitriles is 1. The number of carbonyl (C=O) groups excluding carboxylic acids is 2. The number of Topliss-reactive ketones (excluding diaryl/α,β-unsaturated/α-hetero) is 1. The molecule has 0 atom stereocenters. The van der Waals surface area contributed by atoms with Crippen LogP contribution in [-0.4, -0.2) is 17.4 Å². The van der Waals surface area contributed by atoms with Gasteiger partial charge in [-0.15, -0.1) is 0 Å². The molecule has 0 saturated carbocycles. The van der Waals surface area contributed by atoms with Crippen LogP contribution in [0.25, 0.3) is 0 Å². The zero-order valence-electron chi connectivity index (χ0n) is 8.08. The van der Waals surface area contributed by atoms with Crippen LogP contribution in [0.3, 0.4) is 0 Å². The molecule has 0 aliphatic heterocycles. The molecule has 0 amide bonds. The average Bonchev–Trinajstić information content (AvgIpc) is 2.26. The topological polar surface area (TPSA) is 57.9 Å². The van der Waals surface area contributed by atoms with Crippen molar-refractivity contribution < 1.29 is 9.59 Å². The van der Waals surface area contributed by atoms with Gasteiger partial charge in [0.25, 0.3) is 0 Å². The molecule has 0 unspecified atom stereocenters. The fourth-order valence-corrected chi connectivity index (χ4v) is 1.69. The first kappa shape index (κ1) is 11.6. The molecule has 15 heavy (non-hydrogen) atoms. The molecule has 0 aromatic heterocycles. The van der Waals surface area contributed by atoms with Crippen molar-refractivity contribution in [3.05, 3.63) is 34.4 Å². The van der Waals surface area contributed by atoms with Gasteiger partial charge in [0.2, 0.25) is 0 Å². The van der Waals surface area contributed by atoms with Crippen LogP contribution in [0.15, 0.2) is 12.1 Å². The largest absolute Gasteiger partial charge is 0.298 e. The Morgan fingerprint density at radius 2 is 2.27 bits per heavy atom. The quantitative estimate of drug-likeness (QED) is 0.479. The number of aryl methyl sites for hydroxylation is 1. The van der Waals surface area contributed by atoms with Gasteiger partial charge in [-0.1, -0.05) is 15.9 Å². The highest BCUT2D eigenvalue weighted by Gasteiger charge is 2.14. The van der Waals surface area contributed by atoms with E-state index in [0.29, 0.717) is 23.0 Å². The van der Waals surface area contributed by atoms with E-state index >= 15 is 0 Å². The second kappa shape index (κ2) is 4.85. The number of rotatable bonds is 3.